The number of carbonyl (C=O) groups is 1. The van der Waals surface area contributed by atoms with Gasteiger partial charge in [-0.1, -0.05) is 0 Å². The molecule has 5 nitrogen and oxygen atoms in total. The summed E-state index contributed by atoms with van der Waals surface area (Å²) in [6.07, 6.45) is 12.6. The number of rotatable bonds is 6. The van der Waals surface area contributed by atoms with E-state index in [-0.39, 0.29) is 17.1 Å². The van der Waals surface area contributed by atoms with E-state index >= 15 is 0 Å². The molecule has 2 heterocycles. The lowest BCUT2D eigenvalue weighted by molar-refractivity contribution is -0.137. The van der Waals surface area contributed by atoms with E-state index < -0.39 is 0 Å². The molecular formula is C17H26N4O. The fourth-order valence-corrected chi connectivity index (χ4v) is 3.72. The molecule has 1 spiro atoms. The maximum absolute atomic E-state index is 12.7. The first-order chi connectivity index (χ1) is 10.5. The summed E-state index contributed by atoms with van der Waals surface area (Å²) in [6, 6.07) is 0.613. The van der Waals surface area contributed by atoms with Gasteiger partial charge in [0.05, 0.1) is 0 Å². The Labute approximate surface area is 133 Å². The number of terminal acetylenes is 1. The number of piperidine rings is 1. The predicted molar refractivity (Wildman–Crippen MR) is 85.3 cm³/mol. The fourth-order valence-electron chi connectivity index (χ4n) is 3.72. The maximum Gasteiger partial charge on any atom is 0.223 e. The van der Waals surface area contributed by atoms with Gasteiger partial charge in [0.15, 0.2) is 5.66 Å². The van der Waals surface area contributed by atoms with Crippen LogP contribution in [0.3, 0.4) is 0 Å². The molecule has 0 bridgehead atoms. The largest absolute Gasteiger partial charge is 0.337 e. The van der Waals surface area contributed by atoms with Gasteiger partial charge in [0.25, 0.3) is 0 Å². The van der Waals surface area contributed by atoms with Crippen molar-refractivity contribution in [3.8, 4) is 12.3 Å². The first-order valence-corrected chi connectivity index (χ1v) is 8.35. The highest BCUT2D eigenvalue weighted by atomic mass is 16.2. The van der Waals surface area contributed by atoms with Crippen LogP contribution in [-0.2, 0) is 4.79 Å². The highest BCUT2D eigenvalue weighted by molar-refractivity contribution is 5.78. The molecule has 2 fully saturated rings. The molecule has 0 aromatic carbocycles. The highest BCUT2D eigenvalue weighted by Gasteiger charge is 2.53. The Morgan fingerprint density at radius 3 is 2.64 bits per heavy atom. The lowest BCUT2D eigenvalue weighted by Crippen LogP contribution is -2.52. The van der Waals surface area contributed by atoms with Crippen LogP contribution < -0.4 is 0 Å². The van der Waals surface area contributed by atoms with Gasteiger partial charge in [-0.15, -0.1) is 12.3 Å². The van der Waals surface area contributed by atoms with E-state index in [9.17, 15) is 4.79 Å². The average Bonchev–Trinajstić information content (AvgIpc) is 3.41. The Kier molecular flexibility index (Phi) is 3.98. The molecule has 1 amide bonds. The van der Waals surface area contributed by atoms with E-state index in [4.69, 9.17) is 6.42 Å². The van der Waals surface area contributed by atoms with E-state index in [1.807, 2.05) is 0 Å². The quantitative estimate of drug-likeness (QED) is 0.708. The van der Waals surface area contributed by atoms with Gasteiger partial charge in [-0.3, -0.25) is 4.79 Å². The molecule has 22 heavy (non-hydrogen) atoms. The summed E-state index contributed by atoms with van der Waals surface area (Å²) in [5.41, 5.74) is -0.172. The molecule has 3 aliphatic rings. The van der Waals surface area contributed by atoms with Crippen LogP contribution in [0.5, 0.6) is 0 Å². The normalized spacial score (nSPS) is 27.0. The van der Waals surface area contributed by atoms with Crippen LogP contribution in [0, 0.1) is 12.3 Å². The van der Waals surface area contributed by atoms with Gasteiger partial charge in [-0.25, -0.2) is 0 Å². The van der Waals surface area contributed by atoms with Gasteiger partial charge in [0.2, 0.25) is 5.91 Å². The Hall–Kier alpha value is -1.41. The zero-order chi connectivity index (χ0) is 15.8. The van der Waals surface area contributed by atoms with Gasteiger partial charge >= 0.3 is 0 Å². The summed E-state index contributed by atoms with van der Waals surface area (Å²) >= 11 is 0. The molecule has 0 aromatic heterocycles. The third kappa shape index (κ3) is 3.03. The summed E-state index contributed by atoms with van der Waals surface area (Å²) in [5, 5.41) is 8.26. The van der Waals surface area contributed by atoms with E-state index in [0.717, 1.165) is 32.2 Å². The van der Waals surface area contributed by atoms with Crippen molar-refractivity contribution >= 4 is 5.91 Å². The van der Waals surface area contributed by atoms with Gasteiger partial charge in [-0.05, 0) is 39.8 Å². The second-order valence-electron chi connectivity index (χ2n) is 7.27. The van der Waals surface area contributed by atoms with Crippen LogP contribution in [-0.4, -0.2) is 53.6 Å². The number of hydrogen-bond donors (Lipinski definition) is 0. The molecule has 1 saturated heterocycles. The fraction of sp³-hybridized carbons (Fsp3) is 0.824. The molecule has 1 aliphatic carbocycles. The smallest absolute Gasteiger partial charge is 0.223 e. The SMILES string of the molecule is C#CCCC1(CCC(=O)N2CCC(N(C)C)CC23CC3)N=N1. The van der Waals surface area contributed by atoms with Crippen molar-refractivity contribution in [2.45, 2.75) is 68.6 Å². The van der Waals surface area contributed by atoms with E-state index in [2.05, 4.69) is 40.0 Å². The van der Waals surface area contributed by atoms with Crippen LogP contribution in [0.1, 0.15) is 51.4 Å². The van der Waals surface area contributed by atoms with Crippen molar-refractivity contribution in [3.05, 3.63) is 0 Å². The van der Waals surface area contributed by atoms with Crippen LogP contribution >= 0.6 is 0 Å². The molecule has 1 atom stereocenters. The predicted octanol–water partition coefficient (Wildman–Crippen LogP) is 2.43. The third-order valence-electron chi connectivity index (χ3n) is 5.52. The molecule has 120 valence electrons. The van der Waals surface area contributed by atoms with Gasteiger partial charge in [0.1, 0.15) is 0 Å². The number of hydrogen-bond acceptors (Lipinski definition) is 4. The van der Waals surface area contributed by atoms with Gasteiger partial charge < -0.3 is 9.80 Å². The van der Waals surface area contributed by atoms with Crippen LogP contribution in [0.25, 0.3) is 0 Å². The van der Waals surface area contributed by atoms with Crippen molar-refractivity contribution in [1.82, 2.24) is 9.80 Å². The van der Waals surface area contributed by atoms with Crippen molar-refractivity contribution in [3.63, 3.8) is 0 Å². The minimum absolute atomic E-state index is 0.161. The Morgan fingerprint density at radius 1 is 1.36 bits per heavy atom. The summed E-state index contributed by atoms with van der Waals surface area (Å²) < 4.78 is 0. The van der Waals surface area contributed by atoms with Crippen LogP contribution in [0.2, 0.25) is 0 Å². The van der Waals surface area contributed by atoms with Crippen molar-refractivity contribution in [1.29, 1.82) is 0 Å². The minimum Gasteiger partial charge on any atom is -0.337 e. The molecule has 2 aliphatic heterocycles. The van der Waals surface area contributed by atoms with E-state index in [1.54, 1.807) is 0 Å². The first-order valence-electron chi connectivity index (χ1n) is 8.35. The number of amides is 1. The average molecular weight is 302 g/mol. The zero-order valence-electron chi connectivity index (χ0n) is 13.7. The molecule has 0 radical (unpaired) electrons. The lowest BCUT2D eigenvalue weighted by atomic mass is 9.93. The van der Waals surface area contributed by atoms with E-state index in [0.29, 0.717) is 18.9 Å². The lowest BCUT2D eigenvalue weighted by Gasteiger charge is -2.42. The van der Waals surface area contributed by atoms with Gasteiger partial charge in [-0.2, -0.15) is 10.2 Å². The molecule has 3 rings (SSSR count). The molecule has 1 saturated carbocycles. The van der Waals surface area contributed by atoms with Gasteiger partial charge in [0, 0.05) is 43.8 Å². The van der Waals surface area contributed by atoms with Crippen molar-refractivity contribution in [2.24, 2.45) is 10.2 Å². The van der Waals surface area contributed by atoms with Crippen LogP contribution in [0.4, 0.5) is 0 Å². The molecule has 1 unspecified atom stereocenters. The molecular weight excluding hydrogens is 276 g/mol. The van der Waals surface area contributed by atoms with Crippen molar-refractivity contribution < 1.29 is 4.79 Å². The molecule has 0 aromatic rings. The first kappa shape index (κ1) is 15.5. The Bertz CT molecular complexity index is 509. The van der Waals surface area contributed by atoms with Crippen molar-refractivity contribution in [2.75, 3.05) is 20.6 Å². The molecule has 0 N–H and O–H groups in total. The Balaban J connectivity index is 1.52. The zero-order valence-corrected chi connectivity index (χ0v) is 13.7. The monoisotopic (exact) mass is 302 g/mol. The molecule has 5 heteroatoms. The summed E-state index contributed by atoms with van der Waals surface area (Å²) in [5.74, 6) is 2.92. The topological polar surface area (TPSA) is 48.3 Å². The standard InChI is InChI=1S/C17H26N4O/c1-4-5-8-17(18-19-17)9-6-15(22)21-12-7-14(20(2)3)13-16(21)10-11-16/h1,14H,5-13H2,2-3H3. The summed E-state index contributed by atoms with van der Waals surface area (Å²) in [4.78, 5) is 17.1. The number of nitrogens with zero attached hydrogens (tertiary/aromatic N) is 4. The maximum atomic E-state index is 12.7. The number of carbonyl (C=O) groups excluding carboxylic acids is 1. The van der Waals surface area contributed by atoms with Crippen LogP contribution in [0.15, 0.2) is 10.2 Å². The highest BCUT2D eigenvalue weighted by Crippen LogP contribution is 2.49. The minimum atomic E-state index is -0.333. The second-order valence-corrected chi connectivity index (χ2v) is 7.27. The summed E-state index contributed by atoms with van der Waals surface area (Å²) in [7, 11) is 4.28. The number of likely N-dealkylation sites (tertiary alicyclic amines) is 1. The third-order valence-corrected chi connectivity index (χ3v) is 5.52. The Morgan fingerprint density at radius 2 is 2.09 bits per heavy atom. The second kappa shape index (κ2) is 5.66. The van der Waals surface area contributed by atoms with E-state index in [1.165, 1.54) is 12.8 Å². The summed E-state index contributed by atoms with van der Waals surface area (Å²) in [6.45, 7) is 0.896.